The van der Waals surface area contributed by atoms with Gasteiger partial charge in [0.2, 0.25) is 0 Å². The monoisotopic (exact) mass is 277 g/mol. The molecule has 0 amide bonds. The van der Waals surface area contributed by atoms with Gasteiger partial charge in [0.1, 0.15) is 0 Å². The molecule has 0 saturated heterocycles. The molecule has 1 rings (SSSR count). The number of rotatable bonds is 7. The maximum atomic E-state index is 3.81. The van der Waals surface area contributed by atoms with Crippen molar-refractivity contribution in [3.05, 3.63) is 103 Å². The average Bonchev–Trinajstić information content (AvgIpc) is 2.49. The summed E-state index contributed by atoms with van der Waals surface area (Å²) < 4.78 is 0. The van der Waals surface area contributed by atoms with Crippen LogP contribution >= 0.6 is 0 Å². The van der Waals surface area contributed by atoms with E-state index in [0.29, 0.717) is 0 Å². The predicted octanol–water partition coefficient (Wildman–Crippen LogP) is 5.79. The molecule has 1 aromatic rings. The lowest BCUT2D eigenvalue weighted by Crippen LogP contribution is -2.19. The summed E-state index contributed by atoms with van der Waals surface area (Å²) in [5, 5.41) is 0. The average molecular weight is 277 g/mol. The van der Waals surface area contributed by atoms with E-state index >= 15 is 0 Å². The van der Waals surface area contributed by atoms with Gasteiger partial charge in [0.25, 0.3) is 0 Å². The number of nitrogens with zero attached hydrogens (tertiary/aromatic N) is 1. The lowest BCUT2D eigenvalue weighted by molar-refractivity contribution is 1.10. The van der Waals surface area contributed by atoms with E-state index in [9.17, 15) is 0 Å². The van der Waals surface area contributed by atoms with Gasteiger partial charge in [-0.3, -0.25) is 0 Å². The van der Waals surface area contributed by atoms with Crippen molar-refractivity contribution >= 4 is 5.69 Å². The fourth-order valence-corrected chi connectivity index (χ4v) is 1.98. The van der Waals surface area contributed by atoms with E-state index in [2.05, 4.69) is 49.3 Å². The van der Waals surface area contributed by atoms with Gasteiger partial charge < -0.3 is 4.90 Å². The molecule has 1 nitrogen and oxygen atoms in total. The van der Waals surface area contributed by atoms with Gasteiger partial charge >= 0.3 is 0 Å². The normalized spacial score (nSPS) is 12.9. The molecule has 0 N–H and O–H groups in total. The summed E-state index contributed by atoms with van der Waals surface area (Å²) in [6, 6.07) is 10.3. The quantitative estimate of drug-likeness (QED) is 0.570. The van der Waals surface area contributed by atoms with Crippen LogP contribution in [0.4, 0.5) is 5.69 Å². The molecule has 0 aliphatic rings. The molecule has 0 saturated carbocycles. The highest BCUT2D eigenvalue weighted by Crippen LogP contribution is 2.25. The van der Waals surface area contributed by atoms with Crippen molar-refractivity contribution in [1.29, 1.82) is 0 Å². The number of benzene rings is 1. The zero-order chi connectivity index (χ0) is 15.5. The van der Waals surface area contributed by atoms with E-state index in [1.165, 1.54) is 0 Å². The number of anilines is 1. The van der Waals surface area contributed by atoms with Crippen LogP contribution in [0.3, 0.4) is 0 Å². The minimum atomic E-state index is 1.07. The fourth-order valence-electron chi connectivity index (χ4n) is 1.98. The highest BCUT2D eigenvalue weighted by molar-refractivity contribution is 5.60. The van der Waals surface area contributed by atoms with Gasteiger partial charge in [-0.15, -0.1) is 0 Å². The van der Waals surface area contributed by atoms with E-state index in [0.717, 1.165) is 17.1 Å². The summed E-state index contributed by atoms with van der Waals surface area (Å²) in [6.45, 7) is 11.6. The number of para-hydroxylation sites is 1. The molecule has 0 unspecified atom stereocenters. The van der Waals surface area contributed by atoms with Gasteiger partial charge in [-0.1, -0.05) is 61.7 Å². The Balaban J connectivity index is 3.32. The zero-order valence-electron chi connectivity index (χ0n) is 12.9. The molecule has 0 aliphatic heterocycles. The first kappa shape index (κ1) is 16.5. The van der Waals surface area contributed by atoms with Crippen LogP contribution in [-0.4, -0.2) is 0 Å². The van der Waals surface area contributed by atoms with Crippen LogP contribution in [0.15, 0.2) is 103 Å². The lowest BCUT2D eigenvalue weighted by Gasteiger charge is -2.26. The minimum absolute atomic E-state index is 1.07. The van der Waals surface area contributed by atoms with Crippen molar-refractivity contribution in [2.24, 2.45) is 0 Å². The van der Waals surface area contributed by atoms with Gasteiger partial charge in [-0.05, 0) is 44.2 Å². The molecule has 0 heterocycles. The van der Waals surface area contributed by atoms with Crippen LogP contribution in [0.1, 0.15) is 13.8 Å². The van der Waals surface area contributed by atoms with Crippen LogP contribution in [-0.2, 0) is 0 Å². The van der Waals surface area contributed by atoms with Crippen molar-refractivity contribution in [3.8, 4) is 0 Å². The highest BCUT2D eigenvalue weighted by Gasteiger charge is 2.10. The zero-order valence-corrected chi connectivity index (χ0v) is 12.9. The van der Waals surface area contributed by atoms with E-state index < -0.39 is 0 Å². The largest absolute Gasteiger partial charge is 0.315 e. The Morgan fingerprint density at radius 2 is 1.71 bits per heavy atom. The maximum absolute atomic E-state index is 3.81. The second-order valence-electron chi connectivity index (χ2n) is 4.43. The first-order valence-corrected chi connectivity index (χ1v) is 7.01. The van der Waals surface area contributed by atoms with Crippen molar-refractivity contribution in [2.75, 3.05) is 4.90 Å². The Labute approximate surface area is 128 Å². The summed E-state index contributed by atoms with van der Waals surface area (Å²) in [5.74, 6) is 0. The molecule has 0 bridgehead atoms. The second-order valence-corrected chi connectivity index (χ2v) is 4.43. The highest BCUT2D eigenvalue weighted by atomic mass is 15.1. The lowest BCUT2D eigenvalue weighted by atomic mass is 10.2. The molecular formula is C20H23N. The molecular weight excluding hydrogens is 254 g/mol. The number of allylic oxidation sites excluding steroid dienone is 9. The van der Waals surface area contributed by atoms with E-state index in [-0.39, 0.29) is 0 Å². The Morgan fingerprint density at radius 3 is 2.29 bits per heavy atom. The van der Waals surface area contributed by atoms with Gasteiger partial charge in [0.05, 0.1) is 0 Å². The third kappa shape index (κ3) is 5.15. The molecule has 0 aromatic heterocycles. The van der Waals surface area contributed by atoms with E-state index in [1.807, 2.05) is 49.4 Å². The van der Waals surface area contributed by atoms with Gasteiger partial charge in [0.15, 0.2) is 0 Å². The first-order valence-electron chi connectivity index (χ1n) is 7.01. The fraction of sp³-hybridized carbons (Fsp3) is 0.100. The van der Waals surface area contributed by atoms with Gasteiger partial charge in [-0.25, -0.2) is 0 Å². The topological polar surface area (TPSA) is 3.24 Å². The SMILES string of the molecule is C=C/C=C\C=C(/C)N(C(/C=C\C)=C/C=C)c1ccccc1. The van der Waals surface area contributed by atoms with E-state index in [1.54, 1.807) is 12.2 Å². The van der Waals surface area contributed by atoms with Gasteiger partial charge in [-0.2, -0.15) is 0 Å². The summed E-state index contributed by atoms with van der Waals surface area (Å²) in [4.78, 5) is 2.19. The van der Waals surface area contributed by atoms with Crippen molar-refractivity contribution in [1.82, 2.24) is 0 Å². The molecule has 0 aliphatic carbocycles. The summed E-state index contributed by atoms with van der Waals surface area (Å²) in [7, 11) is 0. The Hall–Kier alpha value is -2.54. The molecule has 1 aromatic carbocycles. The molecule has 0 atom stereocenters. The van der Waals surface area contributed by atoms with Crippen LogP contribution in [0.5, 0.6) is 0 Å². The number of hydrogen-bond donors (Lipinski definition) is 0. The van der Waals surface area contributed by atoms with Crippen LogP contribution < -0.4 is 4.90 Å². The molecule has 21 heavy (non-hydrogen) atoms. The van der Waals surface area contributed by atoms with E-state index in [4.69, 9.17) is 0 Å². The molecule has 1 heteroatoms. The Kier molecular flexibility index (Phi) is 7.37. The van der Waals surface area contributed by atoms with Crippen molar-refractivity contribution in [2.45, 2.75) is 13.8 Å². The Bertz CT molecular complexity index is 571. The molecule has 108 valence electrons. The predicted molar refractivity (Wildman–Crippen MR) is 95.1 cm³/mol. The van der Waals surface area contributed by atoms with Crippen LogP contribution in [0.25, 0.3) is 0 Å². The van der Waals surface area contributed by atoms with Crippen LogP contribution in [0, 0.1) is 0 Å². The standard InChI is InChI=1S/C20H23N/c1-5-8-10-15-18(4)21(19(13-6-2)14-7-3)20-16-11-9-12-17-20/h5-17H,1-2H2,3-4H3/b10-8-,14-7-,18-15+,19-13+. The van der Waals surface area contributed by atoms with Crippen molar-refractivity contribution < 1.29 is 0 Å². The first-order chi connectivity index (χ1) is 10.2. The molecule has 0 fully saturated rings. The smallest absolute Gasteiger partial charge is 0.0458 e. The second kappa shape index (κ2) is 9.38. The third-order valence-electron chi connectivity index (χ3n) is 2.84. The number of hydrogen-bond acceptors (Lipinski definition) is 1. The molecule has 0 radical (unpaired) electrons. The molecule has 0 spiro atoms. The van der Waals surface area contributed by atoms with Crippen LogP contribution in [0.2, 0.25) is 0 Å². The summed E-state index contributed by atoms with van der Waals surface area (Å²) in [5.41, 5.74) is 3.30. The Morgan fingerprint density at radius 1 is 1.00 bits per heavy atom. The third-order valence-corrected chi connectivity index (χ3v) is 2.84. The van der Waals surface area contributed by atoms with Gasteiger partial charge in [0, 0.05) is 17.1 Å². The van der Waals surface area contributed by atoms with Crippen molar-refractivity contribution in [3.63, 3.8) is 0 Å². The summed E-state index contributed by atoms with van der Waals surface area (Å²) >= 11 is 0. The maximum Gasteiger partial charge on any atom is 0.0458 e. The summed E-state index contributed by atoms with van der Waals surface area (Å²) in [6.07, 6.45) is 15.6. The minimum Gasteiger partial charge on any atom is -0.315 e.